The molecule has 1 aromatic heterocycles. The van der Waals surface area contributed by atoms with E-state index in [-0.39, 0.29) is 11.7 Å². The van der Waals surface area contributed by atoms with Gasteiger partial charge in [0, 0.05) is 17.3 Å². The van der Waals surface area contributed by atoms with E-state index in [4.69, 9.17) is 11.6 Å². The number of rotatable bonds is 6. The number of nitrogens with zero attached hydrogens (tertiary/aromatic N) is 1. The zero-order valence-electron chi connectivity index (χ0n) is 13.9. The van der Waals surface area contributed by atoms with Gasteiger partial charge in [0.15, 0.2) is 0 Å². The van der Waals surface area contributed by atoms with Gasteiger partial charge in [-0.15, -0.1) is 0 Å². The van der Waals surface area contributed by atoms with E-state index >= 15 is 0 Å². The Bertz CT molecular complexity index is 882. The lowest BCUT2D eigenvalue weighted by Crippen LogP contribution is -2.26. The van der Waals surface area contributed by atoms with Crippen LogP contribution in [0.3, 0.4) is 0 Å². The number of halogens is 2. The molecule has 132 valence electrons. The first-order valence-electron chi connectivity index (χ1n) is 8.11. The molecule has 0 saturated heterocycles. The van der Waals surface area contributed by atoms with Crippen molar-refractivity contribution in [2.75, 3.05) is 11.9 Å². The van der Waals surface area contributed by atoms with Gasteiger partial charge >= 0.3 is 0 Å². The number of aromatic nitrogens is 1. The maximum atomic E-state index is 13.2. The minimum Gasteiger partial charge on any atom is -0.354 e. The van der Waals surface area contributed by atoms with Crippen LogP contribution in [0.25, 0.3) is 0 Å². The Balaban J connectivity index is 1.52. The topological polar surface area (TPSA) is 54.0 Å². The molecule has 26 heavy (non-hydrogen) atoms. The summed E-state index contributed by atoms with van der Waals surface area (Å²) < 4.78 is 13.2. The van der Waals surface area contributed by atoms with Crippen molar-refractivity contribution in [1.29, 1.82) is 0 Å². The molecule has 2 N–H and O–H groups in total. The van der Waals surface area contributed by atoms with Crippen molar-refractivity contribution >= 4 is 28.9 Å². The molecule has 6 heteroatoms. The highest BCUT2D eigenvalue weighted by atomic mass is 35.5. The first kappa shape index (κ1) is 17.9. The van der Waals surface area contributed by atoms with Crippen molar-refractivity contribution in [3.8, 4) is 0 Å². The lowest BCUT2D eigenvalue weighted by Gasteiger charge is -2.08. The SMILES string of the molecule is O=C(NCCc1ccc(Cl)cc1)c1ccc(Nc2cccc(F)c2)cn1. The Kier molecular flexibility index (Phi) is 5.81. The normalized spacial score (nSPS) is 10.4. The third-order valence-corrected chi connectivity index (χ3v) is 3.97. The molecule has 1 amide bonds. The molecule has 0 saturated carbocycles. The van der Waals surface area contributed by atoms with E-state index in [1.54, 1.807) is 30.5 Å². The summed E-state index contributed by atoms with van der Waals surface area (Å²) in [6, 6.07) is 17.0. The number of anilines is 2. The lowest BCUT2D eigenvalue weighted by atomic mass is 10.1. The minimum atomic E-state index is -0.320. The van der Waals surface area contributed by atoms with Crippen molar-refractivity contribution in [2.45, 2.75) is 6.42 Å². The summed E-state index contributed by atoms with van der Waals surface area (Å²) in [6.45, 7) is 0.505. The van der Waals surface area contributed by atoms with Gasteiger partial charge in [0.1, 0.15) is 11.5 Å². The van der Waals surface area contributed by atoms with E-state index in [0.717, 1.165) is 5.56 Å². The van der Waals surface area contributed by atoms with Crippen LogP contribution in [0.15, 0.2) is 66.9 Å². The maximum absolute atomic E-state index is 13.2. The molecule has 3 rings (SSSR count). The molecule has 1 heterocycles. The van der Waals surface area contributed by atoms with Crippen LogP contribution in [0.2, 0.25) is 5.02 Å². The summed E-state index contributed by atoms with van der Waals surface area (Å²) in [4.78, 5) is 16.3. The van der Waals surface area contributed by atoms with Crippen LogP contribution in [-0.2, 0) is 6.42 Å². The van der Waals surface area contributed by atoms with Gasteiger partial charge in [0.2, 0.25) is 0 Å². The molecule has 2 aromatic carbocycles. The van der Waals surface area contributed by atoms with Gasteiger partial charge in [-0.3, -0.25) is 4.79 Å². The smallest absolute Gasteiger partial charge is 0.269 e. The monoisotopic (exact) mass is 369 g/mol. The predicted molar refractivity (Wildman–Crippen MR) is 101 cm³/mol. The third-order valence-electron chi connectivity index (χ3n) is 3.72. The van der Waals surface area contributed by atoms with Crippen LogP contribution in [0.5, 0.6) is 0 Å². The average Bonchev–Trinajstić information content (AvgIpc) is 2.64. The van der Waals surface area contributed by atoms with Crippen LogP contribution < -0.4 is 10.6 Å². The highest BCUT2D eigenvalue weighted by Gasteiger charge is 2.07. The average molecular weight is 370 g/mol. The fourth-order valence-electron chi connectivity index (χ4n) is 2.40. The first-order chi connectivity index (χ1) is 12.6. The molecule has 0 aliphatic carbocycles. The number of hydrogen-bond acceptors (Lipinski definition) is 3. The van der Waals surface area contributed by atoms with Gasteiger partial charge in [-0.2, -0.15) is 0 Å². The Morgan fingerprint density at radius 1 is 1.04 bits per heavy atom. The lowest BCUT2D eigenvalue weighted by molar-refractivity contribution is 0.0949. The van der Waals surface area contributed by atoms with Gasteiger partial charge in [-0.1, -0.05) is 29.8 Å². The summed E-state index contributed by atoms with van der Waals surface area (Å²) in [7, 11) is 0. The number of amides is 1. The number of carbonyl (C=O) groups is 1. The number of pyridine rings is 1. The molecule has 0 unspecified atom stereocenters. The van der Waals surface area contributed by atoms with Crippen molar-refractivity contribution < 1.29 is 9.18 Å². The highest BCUT2D eigenvalue weighted by molar-refractivity contribution is 6.30. The zero-order chi connectivity index (χ0) is 18.4. The number of benzene rings is 2. The summed E-state index contributed by atoms with van der Waals surface area (Å²) in [5.74, 6) is -0.559. The molecule has 3 aromatic rings. The van der Waals surface area contributed by atoms with Crippen LogP contribution >= 0.6 is 11.6 Å². The Hall–Kier alpha value is -2.92. The van der Waals surface area contributed by atoms with E-state index in [2.05, 4.69) is 15.6 Å². The molecule has 0 bridgehead atoms. The van der Waals surface area contributed by atoms with Crippen molar-refractivity contribution in [3.63, 3.8) is 0 Å². The second-order valence-electron chi connectivity index (χ2n) is 5.70. The number of nitrogens with one attached hydrogen (secondary N) is 2. The van der Waals surface area contributed by atoms with Crippen LogP contribution in [0, 0.1) is 5.82 Å². The number of hydrogen-bond donors (Lipinski definition) is 2. The summed E-state index contributed by atoms with van der Waals surface area (Å²) in [5.41, 5.74) is 2.71. The fourth-order valence-corrected chi connectivity index (χ4v) is 2.52. The summed E-state index contributed by atoms with van der Waals surface area (Å²) in [5, 5.41) is 6.56. The molecule has 0 radical (unpaired) electrons. The van der Waals surface area contributed by atoms with Gasteiger partial charge in [-0.25, -0.2) is 9.37 Å². The second kappa shape index (κ2) is 8.45. The predicted octanol–water partition coefficient (Wildman–Crippen LogP) is 4.59. The molecule has 0 aliphatic rings. The van der Waals surface area contributed by atoms with E-state index < -0.39 is 0 Å². The van der Waals surface area contributed by atoms with Gasteiger partial charge in [0.25, 0.3) is 5.91 Å². The van der Waals surface area contributed by atoms with E-state index in [0.29, 0.717) is 35.1 Å². The van der Waals surface area contributed by atoms with Crippen LogP contribution in [0.1, 0.15) is 16.1 Å². The maximum Gasteiger partial charge on any atom is 0.269 e. The quantitative estimate of drug-likeness (QED) is 0.668. The number of carbonyl (C=O) groups excluding carboxylic acids is 1. The zero-order valence-corrected chi connectivity index (χ0v) is 14.6. The van der Waals surface area contributed by atoms with Crippen LogP contribution in [-0.4, -0.2) is 17.4 Å². The molecule has 4 nitrogen and oxygen atoms in total. The summed E-state index contributed by atoms with van der Waals surface area (Å²) >= 11 is 5.85. The Morgan fingerprint density at radius 2 is 1.85 bits per heavy atom. The molecule has 0 aliphatic heterocycles. The van der Waals surface area contributed by atoms with Crippen molar-refractivity contribution in [1.82, 2.24) is 10.3 Å². The van der Waals surface area contributed by atoms with Gasteiger partial charge < -0.3 is 10.6 Å². The van der Waals surface area contributed by atoms with E-state index in [1.807, 2.05) is 24.3 Å². The molecular formula is C20H17ClFN3O. The molecule has 0 atom stereocenters. The second-order valence-corrected chi connectivity index (χ2v) is 6.14. The van der Waals surface area contributed by atoms with Gasteiger partial charge in [0.05, 0.1) is 11.9 Å². The Morgan fingerprint density at radius 3 is 2.54 bits per heavy atom. The minimum absolute atomic E-state index is 0.240. The standard InChI is InChI=1S/C20H17ClFN3O/c21-15-6-4-14(5-7-15)10-11-23-20(26)19-9-8-18(13-24-19)25-17-3-1-2-16(22)12-17/h1-9,12-13,25H,10-11H2,(H,23,26). The van der Waals surface area contributed by atoms with E-state index in [1.165, 1.54) is 12.1 Å². The summed E-state index contributed by atoms with van der Waals surface area (Å²) in [6.07, 6.45) is 2.25. The van der Waals surface area contributed by atoms with Crippen molar-refractivity contribution in [3.05, 3.63) is 89.0 Å². The van der Waals surface area contributed by atoms with Crippen LogP contribution in [0.4, 0.5) is 15.8 Å². The van der Waals surface area contributed by atoms with Crippen molar-refractivity contribution in [2.24, 2.45) is 0 Å². The molecule has 0 spiro atoms. The Labute approximate surface area is 156 Å². The first-order valence-corrected chi connectivity index (χ1v) is 8.49. The molecule has 0 fully saturated rings. The third kappa shape index (κ3) is 5.04. The van der Waals surface area contributed by atoms with E-state index in [9.17, 15) is 9.18 Å². The van der Waals surface area contributed by atoms with Gasteiger partial charge in [-0.05, 0) is 54.4 Å². The largest absolute Gasteiger partial charge is 0.354 e. The molecular weight excluding hydrogens is 353 g/mol. The highest BCUT2D eigenvalue weighted by Crippen LogP contribution is 2.16. The fraction of sp³-hybridized carbons (Fsp3) is 0.100.